The van der Waals surface area contributed by atoms with Crippen LogP contribution in [-0.2, 0) is 16.8 Å². The predicted octanol–water partition coefficient (Wildman–Crippen LogP) is 2.72. The van der Waals surface area contributed by atoms with Crippen LogP contribution in [0.25, 0.3) is 0 Å². The number of benzene rings is 2. The average molecular weight is 328 g/mol. The van der Waals surface area contributed by atoms with E-state index in [9.17, 15) is 9.18 Å². The molecule has 0 radical (unpaired) electrons. The molecular weight excluding hydrogens is 307 g/mol. The molecule has 0 atom stereocenters. The second kappa shape index (κ2) is 7.11. The summed E-state index contributed by atoms with van der Waals surface area (Å²) in [5, 5.41) is 3.60. The van der Waals surface area contributed by atoms with Crippen molar-refractivity contribution in [1.29, 1.82) is 0 Å². The number of hydrogen-bond donors (Lipinski definition) is 2. The standard InChI is InChI=1S/C19H21FN2O2/c20-17-6-4-16(5-7-17)19(8-10-24-11-9-19)22-13-14-2-1-3-15(12-14)18(21)23/h1-7,12,22H,8-11,13H2,(H2,21,23). The zero-order valence-corrected chi connectivity index (χ0v) is 13.4. The van der Waals surface area contributed by atoms with Crippen molar-refractivity contribution in [2.75, 3.05) is 13.2 Å². The minimum absolute atomic E-state index is 0.241. The molecule has 126 valence electrons. The van der Waals surface area contributed by atoms with Crippen LogP contribution in [-0.4, -0.2) is 19.1 Å². The van der Waals surface area contributed by atoms with Crippen molar-refractivity contribution in [2.45, 2.75) is 24.9 Å². The van der Waals surface area contributed by atoms with Crippen LogP contribution < -0.4 is 11.1 Å². The lowest BCUT2D eigenvalue weighted by Gasteiger charge is -2.39. The molecule has 1 aliphatic rings. The number of carbonyl (C=O) groups excluding carboxylic acids is 1. The Balaban J connectivity index is 1.81. The molecule has 1 heterocycles. The average Bonchev–Trinajstić information content (AvgIpc) is 2.61. The Morgan fingerprint density at radius 1 is 1.17 bits per heavy atom. The fourth-order valence-corrected chi connectivity index (χ4v) is 3.16. The SMILES string of the molecule is NC(=O)c1cccc(CNC2(c3ccc(F)cc3)CCOCC2)c1. The van der Waals surface area contributed by atoms with Gasteiger partial charge in [-0.1, -0.05) is 24.3 Å². The van der Waals surface area contributed by atoms with Crippen LogP contribution in [0, 0.1) is 5.82 Å². The Morgan fingerprint density at radius 2 is 1.88 bits per heavy atom. The number of ether oxygens (including phenoxy) is 1. The Hall–Kier alpha value is -2.24. The minimum Gasteiger partial charge on any atom is -0.381 e. The van der Waals surface area contributed by atoms with Gasteiger partial charge in [0, 0.05) is 30.9 Å². The summed E-state index contributed by atoms with van der Waals surface area (Å²) in [4.78, 5) is 11.3. The fourth-order valence-electron chi connectivity index (χ4n) is 3.16. The smallest absolute Gasteiger partial charge is 0.248 e. The maximum Gasteiger partial charge on any atom is 0.248 e. The molecule has 0 saturated carbocycles. The van der Waals surface area contributed by atoms with E-state index in [1.54, 1.807) is 12.1 Å². The van der Waals surface area contributed by atoms with Crippen LogP contribution in [0.4, 0.5) is 4.39 Å². The topological polar surface area (TPSA) is 64.4 Å². The highest BCUT2D eigenvalue weighted by Crippen LogP contribution is 2.32. The molecule has 4 nitrogen and oxygen atoms in total. The molecule has 1 aliphatic heterocycles. The molecule has 5 heteroatoms. The Bertz CT molecular complexity index is 710. The van der Waals surface area contributed by atoms with Crippen molar-refractivity contribution in [1.82, 2.24) is 5.32 Å². The third-order valence-electron chi connectivity index (χ3n) is 4.59. The van der Waals surface area contributed by atoms with Gasteiger partial charge in [-0.2, -0.15) is 0 Å². The summed E-state index contributed by atoms with van der Waals surface area (Å²) in [6, 6.07) is 13.9. The van der Waals surface area contributed by atoms with Gasteiger partial charge in [-0.3, -0.25) is 4.79 Å². The van der Waals surface area contributed by atoms with E-state index in [1.807, 2.05) is 24.3 Å². The molecule has 2 aromatic rings. The van der Waals surface area contributed by atoms with Gasteiger partial charge >= 0.3 is 0 Å². The summed E-state index contributed by atoms with van der Waals surface area (Å²) in [7, 11) is 0. The first-order valence-electron chi connectivity index (χ1n) is 8.07. The lowest BCUT2D eigenvalue weighted by atomic mass is 9.82. The molecule has 0 spiro atoms. The highest BCUT2D eigenvalue weighted by Gasteiger charge is 2.33. The molecule has 1 amide bonds. The van der Waals surface area contributed by atoms with E-state index < -0.39 is 5.91 Å². The van der Waals surface area contributed by atoms with Crippen molar-refractivity contribution < 1.29 is 13.9 Å². The number of hydrogen-bond acceptors (Lipinski definition) is 3. The normalized spacial score (nSPS) is 16.7. The number of primary amides is 1. The van der Waals surface area contributed by atoms with E-state index in [2.05, 4.69) is 5.32 Å². The third kappa shape index (κ3) is 3.63. The lowest BCUT2D eigenvalue weighted by Crippen LogP contribution is -2.46. The monoisotopic (exact) mass is 328 g/mol. The summed E-state index contributed by atoms with van der Waals surface area (Å²) in [6.07, 6.45) is 1.63. The molecule has 3 rings (SSSR count). The van der Waals surface area contributed by atoms with Gasteiger partial charge in [-0.05, 0) is 48.2 Å². The highest BCUT2D eigenvalue weighted by atomic mass is 19.1. The number of carbonyl (C=O) groups is 1. The molecule has 2 aromatic carbocycles. The van der Waals surface area contributed by atoms with E-state index in [1.165, 1.54) is 12.1 Å². The molecule has 0 bridgehead atoms. The Labute approximate surface area is 140 Å². The number of rotatable bonds is 5. The van der Waals surface area contributed by atoms with Crippen LogP contribution in [0.15, 0.2) is 48.5 Å². The molecule has 1 fully saturated rings. The van der Waals surface area contributed by atoms with Crippen molar-refractivity contribution in [2.24, 2.45) is 5.73 Å². The zero-order chi connectivity index (χ0) is 17.0. The van der Waals surface area contributed by atoms with Crippen LogP contribution in [0.3, 0.4) is 0 Å². The van der Waals surface area contributed by atoms with Crippen LogP contribution in [0.5, 0.6) is 0 Å². The number of nitrogens with one attached hydrogen (secondary N) is 1. The summed E-state index contributed by atoms with van der Waals surface area (Å²) in [5.74, 6) is -0.675. The van der Waals surface area contributed by atoms with Gasteiger partial charge in [0.15, 0.2) is 0 Å². The van der Waals surface area contributed by atoms with E-state index in [0.29, 0.717) is 25.3 Å². The molecule has 24 heavy (non-hydrogen) atoms. The third-order valence-corrected chi connectivity index (χ3v) is 4.59. The Morgan fingerprint density at radius 3 is 2.54 bits per heavy atom. The second-order valence-electron chi connectivity index (χ2n) is 6.12. The van der Waals surface area contributed by atoms with Gasteiger partial charge in [0.25, 0.3) is 0 Å². The Kier molecular flexibility index (Phi) is 4.92. The van der Waals surface area contributed by atoms with E-state index in [4.69, 9.17) is 10.5 Å². The summed E-state index contributed by atoms with van der Waals surface area (Å²) in [5.41, 5.74) is 7.62. The molecule has 0 unspecified atom stereocenters. The van der Waals surface area contributed by atoms with Crippen molar-refractivity contribution >= 4 is 5.91 Å². The highest BCUT2D eigenvalue weighted by molar-refractivity contribution is 5.92. The lowest BCUT2D eigenvalue weighted by molar-refractivity contribution is 0.0357. The van der Waals surface area contributed by atoms with Gasteiger partial charge in [0.05, 0.1) is 0 Å². The van der Waals surface area contributed by atoms with Crippen molar-refractivity contribution in [3.8, 4) is 0 Å². The van der Waals surface area contributed by atoms with Gasteiger partial charge < -0.3 is 15.8 Å². The number of halogens is 1. The maximum absolute atomic E-state index is 13.3. The van der Waals surface area contributed by atoms with E-state index >= 15 is 0 Å². The van der Waals surface area contributed by atoms with Gasteiger partial charge in [0.1, 0.15) is 5.82 Å². The minimum atomic E-state index is -0.434. The second-order valence-corrected chi connectivity index (χ2v) is 6.12. The molecule has 0 aliphatic carbocycles. The quantitative estimate of drug-likeness (QED) is 0.887. The molecular formula is C19H21FN2O2. The first kappa shape index (κ1) is 16.6. The number of nitrogens with two attached hydrogens (primary N) is 1. The summed E-state index contributed by atoms with van der Waals surface area (Å²) >= 11 is 0. The zero-order valence-electron chi connectivity index (χ0n) is 13.4. The predicted molar refractivity (Wildman–Crippen MR) is 89.9 cm³/mol. The fraction of sp³-hybridized carbons (Fsp3) is 0.316. The molecule has 0 aromatic heterocycles. The van der Waals surface area contributed by atoms with Gasteiger partial charge in [-0.15, -0.1) is 0 Å². The van der Waals surface area contributed by atoms with Gasteiger partial charge in [-0.25, -0.2) is 4.39 Å². The first-order valence-corrected chi connectivity index (χ1v) is 8.07. The van der Waals surface area contributed by atoms with Crippen LogP contribution >= 0.6 is 0 Å². The van der Waals surface area contributed by atoms with Crippen LogP contribution in [0.1, 0.15) is 34.3 Å². The maximum atomic E-state index is 13.3. The summed E-state index contributed by atoms with van der Waals surface area (Å²) in [6.45, 7) is 1.91. The molecule has 1 saturated heterocycles. The van der Waals surface area contributed by atoms with E-state index in [-0.39, 0.29) is 11.4 Å². The largest absolute Gasteiger partial charge is 0.381 e. The summed E-state index contributed by atoms with van der Waals surface area (Å²) < 4.78 is 18.8. The first-order chi connectivity index (χ1) is 11.6. The molecule has 3 N–H and O–H groups in total. The van der Waals surface area contributed by atoms with Crippen molar-refractivity contribution in [3.05, 3.63) is 71.0 Å². The van der Waals surface area contributed by atoms with Crippen LogP contribution in [0.2, 0.25) is 0 Å². The van der Waals surface area contributed by atoms with Gasteiger partial charge in [0.2, 0.25) is 5.91 Å². The van der Waals surface area contributed by atoms with E-state index in [0.717, 1.165) is 24.0 Å². The van der Waals surface area contributed by atoms with Crippen molar-refractivity contribution in [3.63, 3.8) is 0 Å². The number of amides is 1.